The zero-order valence-electron chi connectivity index (χ0n) is 16.2. The molecule has 1 aliphatic heterocycles. The summed E-state index contributed by atoms with van der Waals surface area (Å²) in [4.78, 5) is 7.37. The average Bonchev–Trinajstić information content (AvgIpc) is 3.45. The van der Waals surface area contributed by atoms with E-state index in [1.165, 1.54) is 32.0 Å². The van der Waals surface area contributed by atoms with E-state index in [4.69, 9.17) is 4.99 Å². The second-order valence-electron chi connectivity index (χ2n) is 7.77. The summed E-state index contributed by atoms with van der Waals surface area (Å²) in [5, 5.41) is 6.90. The van der Waals surface area contributed by atoms with Crippen LogP contribution in [0.2, 0.25) is 0 Å². The summed E-state index contributed by atoms with van der Waals surface area (Å²) in [7, 11) is 0. The number of benzene rings is 1. The summed E-state index contributed by atoms with van der Waals surface area (Å²) in [6, 6.07) is 7.02. The van der Waals surface area contributed by atoms with Crippen LogP contribution in [0.15, 0.2) is 29.3 Å². The van der Waals surface area contributed by atoms with Crippen molar-refractivity contribution in [3.63, 3.8) is 0 Å². The zero-order chi connectivity index (χ0) is 18.4. The number of rotatable bonds is 7. The normalized spacial score (nSPS) is 22.9. The topological polar surface area (TPSA) is 39.7 Å². The Hall–Kier alpha value is -1.62. The summed E-state index contributed by atoms with van der Waals surface area (Å²) in [5.41, 5.74) is 1.12. The van der Waals surface area contributed by atoms with Crippen LogP contribution in [-0.2, 0) is 5.41 Å². The highest BCUT2D eigenvalue weighted by Crippen LogP contribution is 2.48. The number of halogens is 1. The number of aliphatic imine (C=N–C) groups is 1. The minimum atomic E-state index is -0.152. The quantitative estimate of drug-likeness (QED) is 0.580. The lowest BCUT2D eigenvalue weighted by atomic mass is 9.96. The number of likely N-dealkylation sites (tertiary alicyclic amines) is 1. The second-order valence-corrected chi connectivity index (χ2v) is 7.77. The molecule has 0 amide bonds. The van der Waals surface area contributed by atoms with Crippen molar-refractivity contribution >= 4 is 5.96 Å². The Kier molecular flexibility index (Phi) is 6.52. The van der Waals surface area contributed by atoms with Crippen molar-refractivity contribution < 1.29 is 4.39 Å². The Morgan fingerprint density at radius 3 is 2.85 bits per heavy atom. The van der Waals surface area contributed by atoms with E-state index in [1.54, 1.807) is 12.1 Å². The molecule has 2 fully saturated rings. The minimum Gasteiger partial charge on any atom is -0.357 e. The number of guanidine groups is 1. The maximum absolute atomic E-state index is 13.6. The van der Waals surface area contributed by atoms with Crippen LogP contribution >= 0.6 is 0 Å². The zero-order valence-corrected chi connectivity index (χ0v) is 16.2. The van der Waals surface area contributed by atoms with Gasteiger partial charge in [0.2, 0.25) is 0 Å². The highest BCUT2D eigenvalue weighted by molar-refractivity contribution is 5.79. The molecule has 1 aliphatic carbocycles. The van der Waals surface area contributed by atoms with Gasteiger partial charge in [-0.05, 0) is 69.3 Å². The molecule has 1 atom stereocenters. The van der Waals surface area contributed by atoms with Crippen LogP contribution in [0.5, 0.6) is 0 Å². The molecule has 1 saturated carbocycles. The van der Waals surface area contributed by atoms with E-state index in [0.717, 1.165) is 50.5 Å². The van der Waals surface area contributed by atoms with Gasteiger partial charge in [-0.1, -0.05) is 19.1 Å². The predicted octanol–water partition coefficient (Wildman–Crippen LogP) is 3.14. The van der Waals surface area contributed by atoms with Crippen LogP contribution in [0.25, 0.3) is 0 Å². The Morgan fingerprint density at radius 2 is 2.15 bits per heavy atom. The van der Waals surface area contributed by atoms with Crippen LogP contribution in [0.3, 0.4) is 0 Å². The average molecular weight is 361 g/mol. The molecule has 2 N–H and O–H groups in total. The summed E-state index contributed by atoms with van der Waals surface area (Å²) < 4.78 is 13.6. The van der Waals surface area contributed by atoms with Crippen molar-refractivity contribution in [3.05, 3.63) is 35.6 Å². The van der Waals surface area contributed by atoms with Gasteiger partial charge in [0.05, 0.1) is 6.54 Å². The number of nitrogens with zero attached hydrogens (tertiary/aromatic N) is 2. The minimum absolute atomic E-state index is 0.0360. The smallest absolute Gasteiger partial charge is 0.191 e. The first kappa shape index (κ1) is 19.2. The Balaban J connectivity index is 1.57. The van der Waals surface area contributed by atoms with Gasteiger partial charge in [-0.3, -0.25) is 4.99 Å². The highest BCUT2D eigenvalue weighted by Gasteiger charge is 2.44. The molecule has 0 spiro atoms. The number of nitrogens with one attached hydrogen (secondary N) is 2. The standard InChI is InChI=1S/C21H33FN4/c1-3-23-20(24-14-17-7-6-12-26(4-2)15-17)25-16-21(10-11-21)18-8-5-9-19(22)13-18/h5,8-9,13,17H,3-4,6-7,10-12,14-16H2,1-2H3,(H2,23,24,25). The van der Waals surface area contributed by atoms with Crippen LogP contribution in [-0.4, -0.2) is 50.1 Å². The first-order chi connectivity index (χ1) is 12.6. The molecule has 4 nitrogen and oxygen atoms in total. The molecule has 0 aromatic heterocycles. The monoisotopic (exact) mass is 360 g/mol. The van der Waals surface area contributed by atoms with E-state index < -0.39 is 0 Å². The molecule has 144 valence electrons. The predicted molar refractivity (Wildman–Crippen MR) is 106 cm³/mol. The third kappa shape index (κ3) is 4.97. The molecular weight excluding hydrogens is 327 g/mol. The van der Waals surface area contributed by atoms with Crippen LogP contribution < -0.4 is 10.6 Å². The maximum atomic E-state index is 13.6. The Bertz CT molecular complexity index is 612. The molecule has 1 aromatic carbocycles. The fourth-order valence-corrected chi connectivity index (χ4v) is 3.93. The van der Waals surface area contributed by atoms with Gasteiger partial charge in [-0.25, -0.2) is 4.39 Å². The molecule has 1 heterocycles. The molecule has 2 aliphatic rings. The number of piperidine rings is 1. The largest absolute Gasteiger partial charge is 0.357 e. The molecule has 1 unspecified atom stereocenters. The third-order valence-corrected chi connectivity index (χ3v) is 5.78. The van der Waals surface area contributed by atoms with Crippen molar-refractivity contribution in [1.29, 1.82) is 0 Å². The number of hydrogen-bond acceptors (Lipinski definition) is 2. The van der Waals surface area contributed by atoms with Crippen molar-refractivity contribution in [1.82, 2.24) is 15.5 Å². The third-order valence-electron chi connectivity index (χ3n) is 5.78. The van der Waals surface area contributed by atoms with Crippen molar-refractivity contribution in [2.24, 2.45) is 10.9 Å². The Morgan fingerprint density at radius 1 is 1.31 bits per heavy atom. The van der Waals surface area contributed by atoms with Crippen molar-refractivity contribution in [3.8, 4) is 0 Å². The lowest BCUT2D eigenvalue weighted by Gasteiger charge is -2.32. The van der Waals surface area contributed by atoms with Gasteiger partial charge in [-0.2, -0.15) is 0 Å². The SMILES string of the molecule is CCNC(=NCC1(c2cccc(F)c2)CC1)NCC1CCCN(CC)C1. The van der Waals surface area contributed by atoms with Crippen molar-refractivity contribution in [2.75, 3.05) is 39.3 Å². The molecule has 0 radical (unpaired) electrons. The van der Waals surface area contributed by atoms with Crippen molar-refractivity contribution in [2.45, 2.75) is 44.9 Å². The first-order valence-electron chi connectivity index (χ1n) is 10.2. The lowest BCUT2D eigenvalue weighted by molar-refractivity contribution is 0.183. The van der Waals surface area contributed by atoms with Gasteiger partial charge in [0.15, 0.2) is 5.96 Å². The summed E-state index contributed by atoms with van der Waals surface area (Å²) in [6.45, 7) is 10.4. The highest BCUT2D eigenvalue weighted by atomic mass is 19.1. The number of hydrogen-bond donors (Lipinski definition) is 2. The second kappa shape index (κ2) is 8.85. The van der Waals surface area contributed by atoms with Gasteiger partial charge < -0.3 is 15.5 Å². The van der Waals surface area contributed by atoms with Gasteiger partial charge in [0.1, 0.15) is 5.82 Å². The molecule has 1 aromatic rings. The molecular formula is C21H33FN4. The van der Waals surface area contributed by atoms with E-state index in [0.29, 0.717) is 5.92 Å². The van der Waals surface area contributed by atoms with E-state index in [2.05, 4.69) is 29.4 Å². The summed E-state index contributed by atoms with van der Waals surface area (Å²) >= 11 is 0. The summed E-state index contributed by atoms with van der Waals surface area (Å²) in [6.07, 6.45) is 4.76. The van der Waals surface area contributed by atoms with E-state index >= 15 is 0 Å². The van der Waals surface area contributed by atoms with Gasteiger partial charge >= 0.3 is 0 Å². The fourth-order valence-electron chi connectivity index (χ4n) is 3.93. The fraction of sp³-hybridized carbons (Fsp3) is 0.667. The molecule has 0 bridgehead atoms. The molecule has 1 saturated heterocycles. The van der Waals surface area contributed by atoms with E-state index in [1.807, 2.05) is 6.07 Å². The summed E-state index contributed by atoms with van der Waals surface area (Å²) in [5.74, 6) is 1.43. The maximum Gasteiger partial charge on any atom is 0.191 e. The Labute approximate surface area is 157 Å². The van der Waals surface area contributed by atoms with Crippen LogP contribution in [0.4, 0.5) is 4.39 Å². The van der Waals surface area contributed by atoms with E-state index in [-0.39, 0.29) is 11.2 Å². The van der Waals surface area contributed by atoms with Gasteiger partial charge in [0, 0.05) is 25.0 Å². The van der Waals surface area contributed by atoms with Gasteiger partial charge in [0.25, 0.3) is 0 Å². The van der Waals surface area contributed by atoms with Gasteiger partial charge in [-0.15, -0.1) is 0 Å². The molecule has 26 heavy (non-hydrogen) atoms. The molecule has 3 rings (SSSR count). The van der Waals surface area contributed by atoms with E-state index in [9.17, 15) is 4.39 Å². The first-order valence-corrected chi connectivity index (χ1v) is 10.2. The van der Waals surface area contributed by atoms with Crippen LogP contribution in [0, 0.1) is 11.7 Å². The molecule has 5 heteroatoms. The van der Waals surface area contributed by atoms with Crippen LogP contribution in [0.1, 0.15) is 45.1 Å². The lowest BCUT2D eigenvalue weighted by Crippen LogP contribution is -2.44.